The Bertz CT molecular complexity index is 251. The van der Waals surface area contributed by atoms with Crippen molar-refractivity contribution in [3.05, 3.63) is 36.8 Å². The van der Waals surface area contributed by atoms with E-state index >= 15 is 0 Å². The van der Waals surface area contributed by atoms with E-state index in [1.165, 1.54) is 25.7 Å². The highest BCUT2D eigenvalue weighted by molar-refractivity contribution is 5.28. The van der Waals surface area contributed by atoms with Crippen LogP contribution in [0.2, 0.25) is 0 Å². The summed E-state index contributed by atoms with van der Waals surface area (Å²) < 4.78 is 5.59. The van der Waals surface area contributed by atoms with Gasteiger partial charge in [-0.1, -0.05) is 44.7 Å². The highest BCUT2D eigenvalue weighted by Crippen LogP contribution is 2.12. The number of hydrogen-bond acceptors (Lipinski definition) is 1. The average Bonchev–Trinajstić information content (AvgIpc) is 2.26. The van der Waals surface area contributed by atoms with E-state index in [1.54, 1.807) is 0 Å². The molecule has 0 saturated heterocycles. The molecule has 0 spiro atoms. The van der Waals surface area contributed by atoms with Crippen LogP contribution in [0.15, 0.2) is 24.3 Å². The molecule has 0 aliphatic heterocycles. The normalized spacial score (nSPS) is 10.3. The molecule has 0 aliphatic carbocycles. The van der Waals surface area contributed by atoms with Crippen molar-refractivity contribution in [1.82, 2.24) is 0 Å². The van der Waals surface area contributed by atoms with Crippen molar-refractivity contribution in [2.45, 2.75) is 39.0 Å². The van der Waals surface area contributed by atoms with Crippen LogP contribution >= 0.6 is 0 Å². The lowest BCUT2D eigenvalue weighted by Gasteiger charge is -2.05. The molecule has 82 valence electrons. The summed E-state index contributed by atoms with van der Waals surface area (Å²) in [5.74, 6) is 0.916. The molecule has 0 bridgehead atoms. The van der Waals surface area contributed by atoms with Crippen LogP contribution in [0.25, 0.3) is 0 Å². The minimum absolute atomic E-state index is 0.783. The summed E-state index contributed by atoms with van der Waals surface area (Å²) >= 11 is 0. The van der Waals surface area contributed by atoms with Crippen LogP contribution in [0.5, 0.6) is 5.75 Å². The number of benzene rings is 1. The second-order valence-corrected chi connectivity index (χ2v) is 3.83. The summed E-state index contributed by atoms with van der Waals surface area (Å²) in [6, 6.07) is 7.57. The summed E-state index contributed by atoms with van der Waals surface area (Å²) in [5.41, 5.74) is 0.783. The van der Waals surface area contributed by atoms with Gasteiger partial charge in [0.15, 0.2) is 0 Å². The first-order chi connectivity index (χ1) is 7.33. The highest BCUT2D eigenvalue weighted by Gasteiger charge is 1.93. The first-order valence-corrected chi connectivity index (χ1v) is 5.81. The van der Waals surface area contributed by atoms with E-state index in [4.69, 9.17) is 11.7 Å². The molecule has 15 heavy (non-hydrogen) atoms. The number of rotatable bonds is 7. The summed E-state index contributed by atoms with van der Waals surface area (Å²) in [6.07, 6.45) is 6.36. The third-order valence-electron chi connectivity index (χ3n) is 2.40. The molecule has 1 rings (SSSR count). The monoisotopic (exact) mass is 204 g/mol. The Kier molecular flexibility index (Phi) is 5.91. The third-order valence-corrected chi connectivity index (χ3v) is 2.40. The van der Waals surface area contributed by atoms with E-state index in [0.29, 0.717) is 0 Å². The maximum atomic E-state index is 5.59. The van der Waals surface area contributed by atoms with Crippen LogP contribution in [-0.2, 0) is 0 Å². The predicted octanol–water partition coefficient (Wildman–Crippen LogP) is 4.09. The molecule has 0 fully saturated rings. The second kappa shape index (κ2) is 7.33. The minimum atomic E-state index is 0.783. The quantitative estimate of drug-likeness (QED) is 0.608. The van der Waals surface area contributed by atoms with Gasteiger partial charge in [-0.15, -0.1) is 0 Å². The number of hydrogen-bond donors (Lipinski definition) is 0. The molecule has 1 heteroatoms. The van der Waals surface area contributed by atoms with Gasteiger partial charge < -0.3 is 4.74 Å². The first kappa shape index (κ1) is 12.1. The molecule has 1 aromatic carbocycles. The van der Waals surface area contributed by atoms with Gasteiger partial charge in [-0.2, -0.15) is 0 Å². The van der Waals surface area contributed by atoms with Crippen molar-refractivity contribution in [3.63, 3.8) is 0 Å². The smallest absolute Gasteiger partial charge is 0.119 e. The van der Waals surface area contributed by atoms with E-state index in [-0.39, 0.29) is 0 Å². The van der Waals surface area contributed by atoms with Crippen molar-refractivity contribution in [2.75, 3.05) is 6.61 Å². The van der Waals surface area contributed by atoms with Crippen LogP contribution < -0.4 is 4.74 Å². The average molecular weight is 204 g/mol. The lowest BCUT2D eigenvalue weighted by atomic mass is 10.2. The van der Waals surface area contributed by atoms with E-state index < -0.39 is 0 Å². The summed E-state index contributed by atoms with van der Waals surface area (Å²) in [6.45, 7) is 8.62. The standard InChI is InChI=1S/C14H20O/c1-3-4-5-6-7-12-15-14-10-8-13(2)9-11-14/h2,8-11H,3-7,12H2,1H3. The van der Waals surface area contributed by atoms with Gasteiger partial charge in [0, 0.05) is 0 Å². The van der Waals surface area contributed by atoms with Crippen LogP contribution in [0, 0.1) is 6.92 Å². The van der Waals surface area contributed by atoms with Gasteiger partial charge in [0.25, 0.3) is 0 Å². The first-order valence-electron chi connectivity index (χ1n) is 5.81. The zero-order chi connectivity index (χ0) is 10.9. The van der Waals surface area contributed by atoms with Gasteiger partial charge in [0.1, 0.15) is 5.75 Å². The van der Waals surface area contributed by atoms with Gasteiger partial charge in [-0.05, 0) is 31.0 Å². The Morgan fingerprint density at radius 2 is 1.67 bits per heavy atom. The number of unbranched alkanes of at least 4 members (excludes halogenated alkanes) is 4. The molecule has 0 aliphatic rings. The second-order valence-electron chi connectivity index (χ2n) is 3.83. The van der Waals surface area contributed by atoms with E-state index in [1.807, 2.05) is 24.3 Å². The lowest BCUT2D eigenvalue weighted by molar-refractivity contribution is 0.304. The van der Waals surface area contributed by atoms with E-state index in [9.17, 15) is 0 Å². The molecule has 0 saturated carbocycles. The maximum Gasteiger partial charge on any atom is 0.119 e. The van der Waals surface area contributed by atoms with E-state index in [0.717, 1.165) is 24.3 Å². The molecule has 0 N–H and O–H groups in total. The lowest BCUT2D eigenvalue weighted by Crippen LogP contribution is -1.97. The fraction of sp³-hybridized carbons (Fsp3) is 0.500. The van der Waals surface area contributed by atoms with Crippen molar-refractivity contribution in [1.29, 1.82) is 0 Å². The van der Waals surface area contributed by atoms with E-state index in [2.05, 4.69) is 6.92 Å². The van der Waals surface area contributed by atoms with Crippen molar-refractivity contribution in [2.24, 2.45) is 0 Å². The van der Waals surface area contributed by atoms with Crippen molar-refractivity contribution >= 4 is 0 Å². The molecular formula is C14H20O. The Morgan fingerprint density at radius 1 is 1.00 bits per heavy atom. The molecule has 0 aromatic heterocycles. The summed E-state index contributed by atoms with van der Waals surface area (Å²) in [4.78, 5) is 0. The Morgan fingerprint density at radius 3 is 2.33 bits per heavy atom. The molecule has 1 aromatic rings. The largest absolute Gasteiger partial charge is 0.494 e. The van der Waals surface area contributed by atoms with Gasteiger partial charge in [0.2, 0.25) is 0 Å². The topological polar surface area (TPSA) is 9.23 Å². The summed E-state index contributed by atoms with van der Waals surface area (Å²) in [5, 5.41) is 0. The highest BCUT2D eigenvalue weighted by atomic mass is 16.5. The molecule has 0 unspecified atom stereocenters. The van der Waals surface area contributed by atoms with Crippen LogP contribution in [0.4, 0.5) is 0 Å². The fourth-order valence-electron chi connectivity index (χ4n) is 1.46. The Balaban J connectivity index is 2.07. The van der Waals surface area contributed by atoms with Gasteiger partial charge in [0.05, 0.1) is 6.61 Å². The predicted molar refractivity (Wildman–Crippen MR) is 64.1 cm³/mol. The van der Waals surface area contributed by atoms with Crippen molar-refractivity contribution in [3.8, 4) is 5.75 Å². The minimum Gasteiger partial charge on any atom is -0.494 e. The van der Waals surface area contributed by atoms with Crippen LogP contribution in [-0.4, -0.2) is 6.61 Å². The Labute approximate surface area is 93.5 Å². The van der Waals surface area contributed by atoms with Crippen LogP contribution in [0.3, 0.4) is 0 Å². The molecule has 2 radical (unpaired) electrons. The number of ether oxygens (including phenoxy) is 1. The van der Waals surface area contributed by atoms with Gasteiger partial charge >= 0.3 is 0 Å². The molecule has 0 amide bonds. The van der Waals surface area contributed by atoms with Gasteiger partial charge in [-0.3, -0.25) is 0 Å². The fourth-order valence-corrected chi connectivity index (χ4v) is 1.46. The summed E-state index contributed by atoms with van der Waals surface area (Å²) in [7, 11) is 0. The molecular weight excluding hydrogens is 184 g/mol. The zero-order valence-electron chi connectivity index (χ0n) is 9.54. The Hall–Kier alpha value is -0.980. The molecule has 0 heterocycles. The maximum absolute atomic E-state index is 5.59. The van der Waals surface area contributed by atoms with Crippen molar-refractivity contribution < 1.29 is 4.74 Å². The third kappa shape index (κ3) is 5.46. The van der Waals surface area contributed by atoms with Gasteiger partial charge in [-0.25, -0.2) is 0 Å². The molecule has 1 nitrogen and oxygen atoms in total. The SMILES string of the molecule is [CH]c1ccc(OCCCCCCC)cc1. The molecule has 0 atom stereocenters. The zero-order valence-corrected chi connectivity index (χ0v) is 9.54. The van der Waals surface area contributed by atoms with Crippen LogP contribution in [0.1, 0.15) is 44.6 Å².